The average Bonchev–Trinajstić information content (AvgIpc) is 2.83. The van der Waals surface area contributed by atoms with E-state index >= 15 is 0 Å². The normalized spacial score (nSPS) is 48.9. The number of aliphatic hydroxyl groups excluding tert-OH is 2. The summed E-state index contributed by atoms with van der Waals surface area (Å²) in [5, 5.41) is 20.6. The number of allylic oxidation sites excluding steroid dienone is 3. The zero-order valence-electron chi connectivity index (χ0n) is 14.7. The van der Waals surface area contributed by atoms with Crippen LogP contribution in [0.1, 0.15) is 65.2 Å². The summed E-state index contributed by atoms with van der Waals surface area (Å²) >= 11 is 0. The van der Waals surface area contributed by atoms with E-state index in [1.807, 2.05) is 0 Å². The molecule has 4 aliphatic carbocycles. The SMILES string of the molecule is C[C@]12CCCC=C1CC[C@@H]1[C@@H]2[C@@H](O)C[C@]2(C)C(CCO)=CC[C@@H]12. The van der Waals surface area contributed by atoms with Crippen LogP contribution in [0, 0.1) is 28.6 Å². The average molecular weight is 316 g/mol. The summed E-state index contributed by atoms with van der Waals surface area (Å²) in [5.74, 6) is 1.77. The third kappa shape index (κ3) is 2.14. The quantitative estimate of drug-likeness (QED) is 0.749. The molecule has 23 heavy (non-hydrogen) atoms. The summed E-state index contributed by atoms with van der Waals surface area (Å²) in [6.07, 6.45) is 13.8. The predicted molar refractivity (Wildman–Crippen MR) is 92.9 cm³/mol. The third-order valence-electron chi connectivity index (χ3n) is 8.08. The molecule has 0 amide bonds. The van der Waals surface area contributed by atoms with E-state index in [4.69, 9.17) is 0 Å². The van der Waals surface area contributed by atoms with Crippen LogP contribution in [-0.2, 0) is 0 Å². The van der Waals surface area contributed by atoms with E-state index in [2.05, 4.69) is 26.0 Å². The molecule has 0 bridgehead atoms. The van der Waals surface area contributed by atoms with Gasteiger partial charge in [0, 0.05) is 6.61 Å². The smallest absolute Gasteiger partial charge is 0.0587 e. The molecule has 4 rings (SSSR count). The van der Waals surface area contributed by atoms with Gasteiger partial charge < -0.3 is 10.2 Å². The molecule has 0 saturated heterocycles. The van der Waals surface area contributed by atoms with Crippen molar-refractivity contribution in [2.24, 2.45) is 28.6 Å². The Morgan fingerprint density at radius 3 is 2.83 bits per heavy atom. The van der Waals surface area contributed by atoms with Gasteiger partial charge in [0.25, 0.3) is 0 Å². The molecule has 0 unspecified atom stereocenters. The number of hydrogen-bond donors (Lipinski definition) is 2. The van der Waals surface area contributed by atoms with Crippen LogP contribution >= 0.6 is 0 Å². The van der Waals surface area contributed by atoms with Crippen molar-refractivity contribution in [3.05, 3.63) is 23.3 Å². The van der Waals surface area contributed by atoms with E-state index in [0.717, 1.165) is 19.3 Å². The summed E-state index contributed by atoms with van der Waals surface area (Å²) < 4.78 is 0. The molecule has 2 nitrogen and oxygen atoms in total. The molecule has 4 aliphatic rings. The van der Waals surface area contributed by atoms with Gasteiger partial charge in [0.15, 0.2) is 0 Å². The Hall–Kier alpha value is -0.600. The van der Waals surface area contributed by atoms with Gasteiger partial charge in [0.2, 0.25) is 0 Å². The Morgan fingerprint density at radius 1 is 1.22 bits per heavy atom. The van der Waals surface area contributed by atoms with Crippen molar-refractivity contribution < 1.29 is 10.2 Å². The van der Waals surface area contributed by atoms with Gasteiger partial charge in [-0.25, -0.2) is 0 Å². The van der Waals surface area contributed by atoms with Crippen molar-refractivity contribution in [2.75, 3.05) is 6.61 Å². The van der Waals surface area contributed by atoms with E-state index in [1.165, 1.54) is 37.7 Å². The summed E-state index contributed by atoms with van der Waals surface area (Å²) in [5.41, 5.74) is 3.42. The van der Waals surface area contributed by atoms with Gasteiger partial charge in [-0.2, -0.15) is 0 Å². The fourth-order valence-electron chi connectivity index (χ4n) is 7.04. The van der Waals surface area contributed by atoms with Gasteiger partial charge in [-0.05, 0) is 80.0 Å². The topological polar surface area (TPSA) is 40.5 Å². The Labute approximate surface area is 140 Å². The van der Waals surface area contributed by atoms with Crippen molar-refractivity contribution in [1.29, 1.82) is 0 Å². The lowest BCUT2D eigenvalue weighted by Gasteiger charge is -2.59. The van der Waals surface area contributed by atoms with Gasteiger partial charge in [-0.15, -0.1) is 0 Å². The fraction of sp³-hybridized carbons (Fsp3) is 0.810. The van der Waals surface area contributed by atoms with Gasteiger partial charge >= 0.3 is 0 Å². The molecule has 0 aliphatic heterocycles. The van der Waals surface area contributed by atoms with Gasteiger partial charge in [-0.1, -0.05) is 37.1 Å². The van der Waals surface area contributed by atoms with Crippen molar-refractivity contribution in [2.45, 2.75) is 71.3 Å². The van der Waals surface area contributed by atoms with Crippen LogP contribution in [0.3, 0.4) is 0 Å². The molecular formula is C21H32O2. The van der Waals surface area contributed by atoms with E-state index in [1.54, 1.807) is 5.57 Å². The summed E-state index contributed by atoms with van der Waals surface area (Å²) in [6, 6.07) is 0. The molecular weight excluding hydrogens is 284 g/mol. The molecule has 0 spiro atoms. The van der Waals surface area contributed by atoms with E-state index < -0.39 is 0 Å². The molecule has 2 saturated carbocycles. The zero-order chi connectivity index (χ0) is 16.2. The number of aliphatic hydroxyl groups is 2. The van der Waals surface area contributed by atoms with Gasteiger partial charge in [0.05, 0.1) is 6.10 Å². The van der Waals surface area contributed by atoms with Gasteiger partial charge in [-0.3, -0.25) is 0 Å². The predicted octanol–water partition coefficient (Wildman–Crippen LogP) is 4.23. The first kappa shape index (κ1) is 15.9. The highest BCUT2D eigenvalue weighted by Gasteiger charge is 2.59. The second kappa shape index (κ2) is 5.46. The van der Waals surface area contributed by atoms with Crippen molar-refractivity contribution in [1.82, 2.24) is 0 Å². The van der Waals surface area contributed by atoms with E-state index in [-0.39, 0.29) is 23.5 Å². The molecule has 0 aromatic rings. The minimum Gasteiger partial charge on any atom is -0.396 e. The molecule has 2 N–H and O–H groups in total. The maximum atomic E-state index is 11.2. The largest absolute Gasteiger partial charge is 0.396 e. The summed E-state index contributed by atoms with van der Waals surface area (Å²) in [7, 11) is 0. The first-order valence-corrected chi connectivity index (χ1v) is 9.68. The van der Waals surface area contributed by atoms with Crippen molar-refractivity contribution in [3.63, 3.8) is 0 Å². The van der Waals surface area contributed by atoms with Crippen LogP contribution in [-0.4, -0.2) is 22.9 Å². The number of rotatable bonds is 2. The van der Waals surface area contributed by atoms with E-state index in [0.29, 0.717) is 17.8 Å². The number of fused-ring (bicyclic) bond motifs is 5. The molecule has 2 heteroatoms. The minimum absolute atomic E-state index is 0.121. The minimum atomic E-state index is -0.187. The molecule has 6 atom stereocenters. The number of hydrogen-bond acceptors (Lipinski definition) is 2. The second-order valence-corrected chi connectivity index (χ2v) is 9.00. The Kier molecular flexibility index (Phi) is 3.77. The second-order valence-electron chi connectivity index (χ2n) is 9.00. The van der Waals surface area contributed by atoms with Crippen molar-refractivity contribution in [3.8, 4) is 0 Å². The van der Waals surface area contributed by atoms with Gasteiger partial charge in [0.1, 0.15) is 0 Å². The van der Waals surface area contributed by atoms with Crippen LogP contribution < -0.4 is 0 Å². The third-order valence-corrected chi connectivity index (χ3v) is 8.08. The standard InChI is InChI=1S/C21H32O2/c1-20-11-4-3-5-14(20)6-8-16-17-9-7-15(10-12-22)21(17,2)13-18(23)19(16)20/h5,7,16-19,22-23H,3-4,6,8-13H2,1-2H3/t16-,17-,18-,19+,20-,21+/m0/s1. The highest BCUT2D eigenvalue weighted by Crippen LogP contribution is 2.65. The van der Waals surface area contributed by atoms with Crippen LogP contribution in [0.2, 0.25) is 0 Å². The molecule has 0 heterocycles. The molecule has 2 fully saturated rings. The molecule has 0 aromatic carbocycles. The van der Waals surface area contributed by atoms with Crippen molar-refractivity contribution >= 4 is 0 Å². The van der Waals surface area contributed by atoms with Crippen LogP contribution in [0.15, 0.2) is 23.3 Å². The lowest BCUT2D eigenvalue weighted by molar-refractivity contribution is -0.113. The van der Waals surface area contributed by atoms with Crippen LogP contribution in [0.25, 0.3) is 0 Å². The maximum Gasteiger partial charge on any atom is 0.0587 e. The van der Waals surface area contributed by atoms with Crippen LogP contribution in [0.4, 0.5) is 0 Å². The lowest BCUT2D eigenvalue weighted by Crippen LogP contribution is -2.55. The molecule has 0 aromatic heterocycles. The Bertz CT molecular complexity index is 548. The summed E-state index contributed by atoms with van der Waals surface area (Å²) in [6.45, 7) is 5.04. The van der Waals surface area contributed by atoms with Crippen LogP contribution in [0.5, 0.6) is 0 Å². The zero-order valence-corrected chi connectivity index (χ0v) is 14.7. The van der Waals surface area contributed by atoms with E-state index in [9.17, 15) is 10.2 Å². The fourth-order valence-corrected chi connectivity index (χ4v) is 7.04. The molecule has 0 radical (unpaired) electrons. The summed E-state index contributed by atoms with van der Waals surface area (Å²) in [4.78, 5) is 0. The highest BCUT2D eigenvalue weighted by molar-refractivity contribution is 5.30. The monoisotopic (exact) mass is 316 g/mol. The Balaban J connectivity index is 1.69. The molecule has 128 valence electrons. The lowest BCUT2D eigenvalue weighted by atomic mass is 9.46. The maximum absolute atomic E-state index is 11.2. The highest BCUT2D eigenvalue weighted by atomic mass is 16.3. The Morgan fingerprint density at radius 2 is 2.04 bits per heavy atom. The first-order valence-electron chi connectivity index (χ1n) is 9.68. The first-order chi connectivity index (χ1) is 11.0.